The van der Waals surface area contributed by atoms with E-state index < -0.39 is 0 Å². The molecule has 0 atom stereocenters. The van der Waals surface area contributed by atoms with Crippen molar-refractivity contribution >= 4 is 23.4 Å². The first-order chi connectivity index (χ1) is 13.0. The van der Waals surface area contributed by atoms with Crippen LogP contribution < -0.4 is 0 Å². The number of hydrogen-bond acceptors (Lipinski definition) is 3. The molecule has 0 spiro atoms. The molecule has 140 valence electrons. The molecule has 0 amide bonds. The fraction of sp³-hybridized carbons (Fsp3) is 0.238. The summed E-state index contributed by atoms with van der Waals surface area (Å²) in [6.07, 6.45) is 1.80. The zero-order chi connectivity index (χ0) is 19.4. The number of allylic oxidation sites excluding steroid dienone is 1. The number of nitrogens with zero attached hydrogens (tertiary/aromatic N) is 3. The smallest absolute Gasteiger partial charge is 0.192 e. The second-order valence-electron chi connectivity index (χ2n) is 6.47. The van der Waals surface area contributed by atoms with E-state index in [2.05, 4.69) is 54.9 Å². The highest BCUT2D eigenvalue weighted by atomic mass is 35.5. The van der Waals surface area contributed by atoms with Crippen LogP contribution in [0.3, 0.4) is 0 Å². The van der Waals surface area contributed by atoms with Crippen LogP contribution in [-0.4, -0.2) is 14.8 Å². The van der Waals surface area contributed by atoms with Gasteiger partial charge in [0.1, 0.15) is 5.82 Å². The molecule has 0 aliphatic heterocycles. The second-order valence-corrected chi connectivity index (χ2v) is 7.82. The van der Waals surface area contributed by atoms with Crippen molar-refractivity contribution in [2.45, 2.75) is 37.2 Å². The first-order valence-electron chi connectivity index (χ1n) is 8.71. The zero-order valence-corrected chi connectivity index (χ0v) is 16.9. The van der Waals surface area contributed by atoms with E-state index in [1.165, 1.54) is 23.4 Å². The summed E-state index contributed by atoms with van der Waals surface area (Å²) in [6.45, 7) is 8.73. The molecule has 0 saturated carbocycles. The van der Waals surface area contributed by atoms with Crippen LogP contribution in [0.15, 0.2) is 60.3 Å². The molecule has 3 nitrogen and oxygen atoms in total. The van der Waals surface area contributed by atoms with Crippen LogP contribution in [0, 0.1) is 5.82 Å². The molecule has 27 heavy (non-hydrogen) atoms. The summed E-state index contributed by atoms with van der Waals surface area (Å²) >= 11 is 7.53. The summed E-state index contributed by atoms with van der Waals surface area (Å²) in [5.74, 6) is 1.32. The van der Waals surface area contributed by atoms with E-state index in [4.69, 9.17) is 11.6 Å². The lowest BCUT2D eigenvalue weighted by atomic mass is 10.0. The molecule has 6 heteroatoms. The predicted molar refractivity (Wildman–Crippen MR) is 111 cm³/mol. The fourth-order valence-corrected chi connectivity index (χ4v) is 4.02. The molecule has 3 rings (SSSR count). The van der Waals surface area contributed by atoms with Crippen molar-refractivity contribution in [1.29, 1.82) is 0 Å². The van der Waals surface area contributed by atoms with Crippen LogP contribution in [0.1, 0.15) is 30.9 Å². The summed E-state index contributed by atoms with van der Waals surface area (Å²) in [7, 11) is 0. The molecular weight excluding hydrogens is 381 g/mol. The molecule has 1 aromatic heterocycles. The number of thioether (sulfide) groups is 1. The Morgan fingerprint density at radius 1 is 1.19 bits per heavy atom. The second kappa shape index (κ2) is 8.72. The minimum Gasteiger partial charge on any atom is -0.298 e. The molecule has 1 heterocycles. The lowest BCUT2D eigenvalue weighted by Gasteiger charge is -2.10. The average molecular weight is 402 g/mol. The van der Waals surface area contributed by atoms with E-state index in [9.17, 15) is 4.39 Å². The normalized spacial score (nSPS) is 11.1. The van der Waals surface area contributed by atoms with E-state index in [0.717, 1.165) is 11.4 Å². The average Bonchev–Trinajstić information content (AvgIpc) is 3.04. The van der Waals surface area contributed by atoms with Gasteiger partial charge in [0.15, 0.2) is 11.0 Å². The molecule has 0 unspecified atom stereocenters. The number of hydrogen-bond donors (Lipinski definition) is 0. The lowest BCUT2D eigenvalue weighted by Crippen LogP contribution is -2.01. The van der Waals surface area contributed by atoms with E-state index in [-0.39, 0.29) is 5.82 Å². The lowest BCUT2D eigenvalue weighted by molar-refractivity contribution is 0.617. The maximum atomic E-state index is 14.0. The number of benzene rings is 2. The molecule has 2 aromatic carbocycles. The van der Waals surface area contributed by atoms with Gasteiger partial charge in [-0.15, -0.1) is 16.8 Å². The third kappa shape index (κ3) is 4.42. The van der Waals surface area contributed by atoms with Gasteiger partial charge in [0.05, 0.1) is 0 Å². The maximum absolute atomic E-state index is 14.0. The Balaban J connectivity index is 1.88. The Morgan fingerprint density at radius 3 is 2.56 bits per heavy atom. The molecule has 0 aliphatic rings. The van der Waals surface area contributed by atoms with Crippen LogP contribution in [-0.2, 0) is 12.3 Å². The van der Waals surface area contributed by atoms with Crippen molar-refractivity contribution in [3.05, 3.63) is 77.1 Å². The Bertz CT molecular complexity index is 915. The quantitative estimate of drug-likeness (QED) is 0.342. The molecule has 0 fully saturated rings. The summed E-state index contributed by atoms with van der Waals surface area (Å²) < 4.78 is 16.0. The summed E-state index contributed by atoms with van der Waals surface area (Å²) in [4.78, 5) is 0. The van der Waals surface area contributed by atoms with Gasteiger partial charge in [-0.2, -0.15) is 0 Å². The Kier molecular flexibility index (Phi) is 6.34. The first-order valence-corrected chi connectivity index (χ1v) is 10.1. The molecule has 0 radical (unpaired) electrons. The molecular formula is C21H21ClFN3S. The van der Waals surface area contributed by atoms with Crippen LogP contribution >= 0.6 is 23.4 Å². The van der Waals surface area contributed by atoms with Gasteiger partial charge in [-0.05, 0) is 23.6 Å². The Labute approximate surface area is 168 Å². The maximum Gasteiger partial charge on any atom is 0.192 e. The van der Waals surface area contributed by atoms with Crippen molar-refractivity contribution in [3.8, 4) is 11.4 Å². The van der Waals surface area contributed by atoms with Gasteiger partial charge in [0.25, 0.3) is 0 Å². The van der Waals surface area contributed by atoms with E-state index in [0.29, 0.717) is 34.0 Å². The molecule has 3 aromatic rings. The van der Waals surface area contributed by atoms with E-state index >= 15 is 0 Å². The Hall–Kier alpha value is -2.11. The van der Waals surface area contributed by atoms with Gasteiger partial charge in [0.2, 0.25) is 0 Å². The van der Waals surface area contributed by atoms with Gasteiger partial charge in [-0.25, -0.2) is 4.39 Å². The first kappa shape index (κ1) is 19.6. The number of rotatable bonds is 7. The van der Waals surface area contributed by atoms with Crippen molar-refractivity contribution in [2.75, 3.05) is 0 Å². The third-order valence-electron chi connectivity index (χ3n) is 4.27. The number of aromatic nitrogens is 3. The van der Waals surface area contributed by atoms with Crippen molar-refractivity contribution in [1.82, 2.24) is 14.8 Å². The zero-order valence-electron chi connectivity index (χ0n) is 15.3. The minimum atomic E-state index is -0.311. The van der Waals surface area contributed by atoms with Crippen LogP contribution in [0.25, 0.3) is 11.4 Å². The van der Waals surface area contributed by atoms with Gasteiger partial charge >= 0.3 is 0 Å². The summed E-state index contributed by atoms with van der Waals surface area (Å²) in [6, 6.07) is 13.0. The van der Waals surface area contributed by atoms with Crippen molar-refractivity contribution in [2.24, 2.45) is 0 Å². The highest BCUT2D eigenvalue weighted by Gasteiger charge is 2.15. The third-order valence-corrected chi connectivity index (χ3v) is 5.62. The van der Waals surface area contributed by atoms with Gasteiger partial charge in [0, 0.05) is 28.4 Å². The highest BCUT2D eigenvalue weighted by Crippen LogP contribution is 2.30. The van der Waals surface area contributed by atoms with Crippen LogP contribution in [0.5, 0.6) is 0 Å². The van der Waals surface area contributed by atoms with E-state index in [1.54, 1.807) is 18.2 Å². The van der Waals surface area contributed by atoms with Crippen molar-refractivity contribution < 1.29 is 4.39 Å². The van der Waals surface area contributed by atoms with Gasteiger partial charge in [-0.1, -0.05) is 73.6 Å². The topological polar surface area (TPSA) is 30.7 Å². The molecule has 0 bridgehead atoms. The molecule has 0 N–H and O–H groups in total. The minimum absolute atomic E-state index is 0.311. The van der Waals surface area contributed by atoms with Crippen molar-refractivity contribution in [3.63, 3.8) is 0 Å². The molecule has 0 saturated heterocycles. The van der Waals surface area contributed by atoms with Crippen LogP contribution in [0.4, 0.5) is 4.39 Å². The largest absolute Gasteiger partial charge is 0.298 e. The number of halogens is 2. The Morgan fingerprint density at radius 2 is 1.93 bits per heavy atom. The predicted octanol–water partition coefficient (Wildman–Crippen LogP) is 6.34. The van der Waals surface area contributed by atoms with E-state index in [1.807, 2.05) is 4.57 Å². The highest BCUT2D eigenvalue weighted by molar-refractivity contribution is 7.98. The van der Waals surface area contributed by atoms with Crippen LogP contribution in [0.2, 0.25) is 5.02 Å². The fourth-order valence-electron chi connectivity index (χ4n) is 2.73. The standard InChI is InChI=1S/C21H21ClFN3S/c1-4-12-26-20(16-10-8-15(9-11-16)14(2)3)24-25-21(26)27-13-17-18(22)6-5-7-19(17)23/h4-11,14H,1,12-13H2,2-3H3. The van der Waals surface area contributed by atoms with Gasteiger partial charge in [-0.3, -0.25) is 4.57 Å². The SMILES string of the molecule is C=CCn1c(SCc2c(F)cccc2Cl)nnc1-c1ccc(C(C)C)cc1. The molecule has 0 aliphatic carbocycles. The monoisotopic (exact) mass is 401 g/mol. The summed E-state index contributed by atoms with van der Waals surface area (Å²) in [5, 5.41) is 9.78. The van der Waals surface area contributed by atoms with Gasteiger partial charge < -0.3 is 0 Å². The summed E-state index contributed by atoms with van der Waals surface area (Å²) in [5.41, 5.74) is 2.74.